The molecule has 2 aromatic carbocycles. The molecule has 2 rings (SSSR count). The van der Waals surface area contributed by atoms with Gasteiger partial charge in [-0.05, 0) is 48.9 Å². The topological polar surface area (TPSA) is 81.7 Å². The maximum absolute atomic E-state index is 11.9. The average Bonchev–Trinajstić information content (AvgIpc) is 2.65. The third-order valence-electron chi connectivity index (χ3n) is 3.48. The van der Waals surface area contributed by atoms with Gasteiger partial charge in [0.05, 0.1) is 6.04 Å². The lowest BCUT2D eigenvalue weighted by molar-refractivity contribution is -0.150. The molecule has 0 heterocycles. The fourth-order valence-electron chi connectivity index (χ4n) is 2.09. The van der Waals surface area contributed by atoms with Gasteiger partial charge in [-0.25, -0.2) is 4.79 Å². The van der Waals surface area contributed by atoms with Gasteiger partial charge < -0.3 is 14.8 Å². The van der Waals surface area contributed by atoms with Crippen molar-refractivity contribution in [1.29, 1.82) is 0 Å². The number of hydrogen-bond donors (Lipinski definition) is 1. The molecule has 0 aliphatic carbocycles. The van der Waals surface area contributed by atoms with Crippen LogP contribution in [0.15, 0.2) is 48.5 Å². The van der Waals surface area contributed by atoms with Crippen molar-refractivity contribution in [3.63, 3.8) is 0 Å². The predicted octanol–water partition coefficient (Wildman–Crippen LogP) is 2.95. The lowest BCUT2D eigenvalue weighted by Crippen LogP contribution is -2.31. The zero-order valence-electron chi connectivity index (χ0n) is 14.1. The Hall–Kier alpha value is -2.86. The fourth-order valence-corrected chi connectivity index (χ4v) is 2.22. The molecule has 0 saturated heterocycles. The molecule has 0 spiro atoms. The molecule has 26 heavy (non-hydrogen) atoms. The summed E-state index contributed by atoms with van der Waals surface area (Å²) in [7, 11) is 0. The summed E-state index contributed by atoms with van der Waals surface area (Å²) in [6.07, 6.45) is 0.710. The highest BCUT2D eigenvalue weighted by molar-refractivity contribution is 6.30. The second-order valence-electron chi connectivity index (χ2n) is 5.48. The van der Waals surface area contributed by atoms with E-state index in [9.17, 15) is 14.4 Å². The van der Waals surface area contributed by atoms with Crippen LogP contribution in [0.3, 0.4) is 0 Å². The number of carbonyl (C=O) groups is 3. The third-order valence-corrected chi connectivity index (χ3v) is 3.74. The molecule has 1 amide bonds. The van der Waals surface area contributed by atoms with Crippen molar-refractivity contribution in [3.8, 4) is 5.75 Å². The number of hydrogen-bond acceptors (Lipinski definition) is 5. The van der Waals surface area contributed by atoms with Crippen molar-refractivity contribution in [1.82, 2.24) is 5.32 Å². The summed E-state index contributed by atoms with van der Waals surface area (Å²) >= 11 is 5.82. The highest BCUT2D eigenvalue weighted by Crippen LogP contribution is 2.16. The Labute approximate surface area is 156 Å². The van der Waals surface area contributed by atoms with Crippen LogP contribution in [0.5, 0.6) is 5.75 Å². The average molecular weight is 376 g/mol. The zero-order valence-corrected chi connectivity index (χ0v) is 14.9. The number of esters is 1. The van der Waals surface area contributed by atoms with E-state index in [1.54, 1.807) is 36.4 Å². The minimum atomic E-state index is -0.668. The van der Waals surface area contributed by atoms with E-state index in [1.165, 1.54) is 0 Å². The smallest absolute Gasteiger partial charge is 0.344 e. The lowest BCUT2D eigenvalue weighted by atomic mass is 10.1. The summed E-state index contributed by atoms with van der Waals surface area (Å²) in [5.74, 6) is -0.664. The van der Waals surface area contributed by atoms with Crippen LogP contribution >= 0.6 is 11.6 Å². The summed E-state index contributed by atoms with van der Waals surface area (Å²) in [5.41, 5.74) is 1.39. The van der Waals surface area contributed by atoms with Crippen LogP contribution in [0, 0.1) is 0 Å². The van der Waals surface area contributed by atoms with E-state index >= 15 is 0 Å². The molecular formula is C19H18ClNO5. The number of halogens is 1. The standard InChI is InChI=1S/C19H18ClNO5/c1-13(15-4-6-16(20)7-5-15)21-18(23)11-26-19(24)12-25-17-8-2-14(10-22)3-9-17/h2-10,13H,11-12H2,1H3,(H,21,23)/t13-/m0/s1. The Morgan fingerprint density at radius 2 is 1.73 bits per heavy atom. The molecule has 0 aliphatic rings. The summed E-state index contributed by atoms with van der Waals surface area (Å²) in [4.78, 5) is 34.0. The Kier molecular flexibility index (Phi) is 7.17. The van der Waals surface area contributed by atoms with E-state index in [0.717, 1.165) is 5.56 Å². The van der Waals surface area contributed by atoms with E-state index in [0.29, 0.717) is 22.6 Å². The van der Waals surface area contributed by atoms with Crippen LogP contribution in [0.1, 0.15) is 28.9 Å². The van der Waals surface area contributed by atoms with Gasteiger partial charge in [0.25, 0.3) is 5.91 Å². The van der Waals surface area contributed by atoms with Crippen LogP contribution in [0.25, 0.3) is 0 Å². The van der Waals surface area contributed by atoms with Crippen LogP contribution in [-0.2, 0) is 14.3 Å². The minimum Gasteiger partial charge on any atom is -0.482 e. The quantitative estimate of drug-likeness (QED) is 0.566. The third kappa shape index (κ3) is 6.22. The molecule has 1 N–H and O–H groups in total. The highest BCUT2D eigenvalue weighted by Gasteiger charge is 2.12. The largest absolute Gasteiger partial charge is 0.482 e. The monoisotopic (exact) mass is 375 g/mol. The summed E-state index contributed by atoms with van der Waals surface area (Å²) in [6.45, 7) is 1.08. The molecule has 2 aromatic rings. The first-order valence-electron chi connectivity index (χ1n) is 7.86. The lowest BCUT2D eigenvalue weighted by Gasteiger charge is -2.14. The van der Waals surface area contributed by atoms with Crippen molar-refractivity contribution in [3.05, 3.63) is 64.7 Å². The first kappa shape index (κ1) is 19.5. The van der Waals surface area contributed by atoms with Gasteiger partial charge in [0.1, 0.15) is 12.0 Å². The molecule has 7 heteroatoms. The Morgan fingerprint density at radius 1 is 1.08 bits per heavy atom. The van der Waals surface area contributed by atoms with Gasteiger partial charge in [-0.2, -0.15) is 0 Å². The number of amides is 1. The van der Waals surface area contributed by atoms with Crippen molar-refractivity contribution >= 4 is 29.8 Å². The summed E-state index contributed by atoms with van der Waals surface area (Å²) in [5, 5.41) is 3.34. The van der Waals surface area contributed by atoms with Crippen LogP contribution in [0.4, 0.5) is 0 Å². The predicted molar refractivity (Wildman–Crippen MR) is 96.3 cm³/mol. The van der Waals surface area contributed by atoms with E-state index in [-0.39, 0.29) is 12.6 Å². The van der Waals surface area contributed by atoms with E-state index in [1.807, 2.05) is 19.1 Å². The Morgan fingerprint density at radius 3 is 2.35 bits per heavy atom. The van der Waals surface area contributed by atoms with Gasteiger partial charge in [0.15, 0.2) is 13.2 Å². The molecule has 0 aromatic heterocycles. The number of aldehydes is 1. The molecule has 136 valence electrons. The number of nitrogens with one attached hydrogen (secondary N) is 1. The first-order valence-corrected chi connectivity index (χ1v) is 8.24. The molecule has 0 unspecified atom stereocenters. The Bertz CT molecular complexity index is 759. The molecule has 0 aliphatic heterocycles. The first-order chi connectivity index (χ1) is 12.5. The van der Waals surface area contributed by atoms with E-state index in [4.69, 9.17) is 21.1 Å². The van der Waals surface area contributed by atoms with E-state index in [2.05, 4.69) is 5.32 Å². The molecule has 0 fully saturated rings. The van der Waals surface area contributed by atoms with Gasteiger partial charge in [-0.15, -0.1) is 0 Å². The molecule has 1 atom stereocenters. The number of carbonyl (C=O) groups excluding carboxylic acids is 3. The van der Waals surface area contributed by atoms with Gasteiger partial charge in [0, 0.05) is 10.6 Å². The van der Waals surface area contributed by atoms with Crippen LogP contribution < -0.4 is 10.1 Å². The summed E-state index contributed by atoms with van der Waals surface area (Å²) in [6, 6.07) is 13.1. The zero-order chi connectivity index (χ0) is 18.9. The summed E-state index contributed by atoms with van der Waals surface area (Å²) < 4.78 is 10.1. The van der Waals surface area contributed by atoms with Gasteiger partial charge >= 0.3 is 5.97 Å². The van der Waals surface area contributed by atoms with Crippen molar-refractivity contribution in [2.24, 2.45) is 0 Å². The van der Waals surface area contributed by atoms with Gasteiger partial charge in [-0.3, -0.25) is 9.59 Å². The minimum absolute atomic E-state index is 0.244. The van der Waals surface area contributed by atoms with E-state index < -0.39 is 18.5 Å². The van der Waals surface area contributed by atoms with Crippen LogP contribution in [-0.4, -0.2) is 31.4 Å². The maximum Gasteiger partial charge on any atom is 0.344 e. The second-order valence-corrected chi connectivity index (χ2v) is 5.91. The normalized spacial score (nSPS) is 11.3. The van der Waals surface area contributed by atoms with Crippen molar-refractivity contribution < 1.29 is 23.9 Å². The molecule has 0 saturated carbocycles. The second kappa shape index (κ2) is 9.58. The van der Waals surface area contributed by atoms with Gasteiger partial charge in [-0.1, -0.05) is 23.7 Å². The molecular weight excluding hydrogens is 358 g/mol. The van der Waals surface area contributed by atoms with Crippen molar-refractivity contribution in [2.75, 3.05) is 13.2 Å². The number of rotatable bonds is 8. The molecule has 0 bridgehead atoms. The molecule has 0 radical (unpaired) electrons. The Balaban J connectivity index is 1.71. The van der Waals surface area contributed by atoms with Crippen molar-refractivity contribution in [2.45, 2.75) is 13.0 Å². The maximum atomic E-state index is 11.9. The number of benzene rings is 2. The van der Waals surface area contributed by atoms with Crippen LogP contribution in [0.2, 0.25) is 5.02 Å². The molecule has 6 nitrogen and oxygen atoms in total. The number of ether oxygens (including phenoxy) is 2. The highest BCUT2D eigenvalue weighted by atomic mass is 35.5. The van der Waals surface area contributed by atoms with Gasteiger partial charge in [0.2, 0.25) is 0 Å². The fraction of sp³-hybridized carbons (Fsp3) is 0.211. The SMILES string of the molecule is C[C@H](NC(=O)COC(=O)COc1ccc(C=O)cc1)c1ccc(Cl)cc1.